The van der Waals surface area contributed by atoms with Gasteiger partial charge in [-0.15, -0.1) is 0 Å². The van der Waals surface area contributed by atoms with Crippen molar-refractivity contribution in [3.63, 3.8) is 0 Å². The Morgan fingerprint density at radius 3 is 2.08 bits per heavy atom. The number of hydrogen-bond donors (Lipinski definition) is 1. The van der Waals surface area contributed by atoms with E-state index in [4.69, 9.17) is 0 Å². The molecule has 0 radical (unpaired) electrons. The lowest BCUT2D eigenvalue weighted by Crippen LogP contribution is -2.41. The molecule has 140 valence electrons. The maximum atomic E-state index is 13.2. The summed E-state index contributed by atoms with van der Waals surface area (Å²) in [6, 6.07) is 9.06. The first-order chi connectivity index (χ1) is 12.3. The van der Waals surface area contributed by atoms with E-state index in [9.17, 15) is 22.0 Å². The van der Waals surface area contributed by atoms with Gasteiger partial charge in [0.1, 0.15) is 18.2 Å². The lowest BCUT2D eigenvalue weighted by atomic mass is 10.3. The van der Waals surface area contributed by atoms with Gasteiger partial charge in [0.15, 0.2) is 0 Å². The molecule has 0 fully saturated rings. The highest BCUT2D eigenvalue weighted by Crippen LogP contribution is 2.24. The van der Waals surface area contributed by atoms with Crippen molar-refractivity contribution in [2.24, 2.45) is 0 Å². The molecule has 0 atom stereocenters. The van der Waals surface area contributed by atoms with Crippen LogP contribution >= 0.6 is 0 Å². The zero-order valence-corrected chi connectivity index (χ0v) is 15.1. The van der Waals surface area contributed by atoms with E-state index < -0.39 is 34.1 Å². The number of hydrogen-bond acceptors (Lipinski definition) is 3. The third-order valence-corrected chi connectivity index (χ3v) is 5.44. The van der Waals surface area contributed by atoms with E-state index in [0.29, 0.717) is 6.54 Å². The average molecular weight is 382 g/mol. The van der Waals surface area contributed by atoms with Crippen molar-refractivity contribution in [2.45, 2.75) is 24.7 Å². The molecule has 1 amide bonds. The normalized spacial score (nSPS) is 11.2. The van der Waals surface area contributed by atoms with Crippen LogP contribution in [0.3, 0.4) is 0 Å². The molecule has 0 aliphatic heterocycles. The second-order valence-electron chi connectivity index (χ2n) is 5.65. The lowest BCUT2D eigenvalue weighted by Gasteiger charge is -2.24. The molecule has 0 aliphatic rings. The van der Waals surface area contributed by atoms with Gasteiger partial charge in [-0.25, -0.2) is 17.2 Å². The predicted molar refractivity (Wildman–Crippen MR) is 95.2 cm³/mol. The molecule has 0 saturated carbocycles. The molecule has 0 spiro atoms. The van der Waals surface area contributed by atoms with Crippen LogP contribution in [-0.2, 0) is 14.8 Å². The van der Waals surface area contributed by atoms with Crippen molar-refractivity contribution in [2.75, 3.05) is 17.4 Å². The van der Waals surface area contributed by atoms with Gasteiger partial charge in [-0.05, 0) is 55.0 Å². The average Bonchev–Trinajstić information content (AvgIpc) is 2.61. The van der Waals surface area contributed by atoms with Gasteiger partial charge < -0.3 is 5.32 Å². The molecule has 8 heteroatoms. The van der Waals surface area contributed by atoms with Crippen LogP contribution in [0.25, 0.3) is 0 Å². The number of anilines is 1. The smallest absolute Gasteiger partial charge is 0.264 e. The molecule has 2 rings (SSSR count). The molecule has 0 aliphatic carbocycles. The molecule has 26 heavy (non-hydrogen) atoms. The topological polar surface area (TPSA) is 66.5 Å². The van der Waals surface area contributed by atoms with E-state index in [0.717, 1.165) is 53.5 Å². The van der Waals surface area contributed by atoms with Crippen LogP contribution in [-0.4, -0.2) is 27.4 Å². The van der Waals surface area contributed by atoms with Crippen molar-refractivity contribution in [3.05, 3.63) is 60.2 Å². The van der Waals surface area contributed by atoms with Gasteiger partial charge in [0, 0.05) is 6.54 Å². The van der Waals surface area contributed by atoms with Gasteiger partial charge in [0.2, 0.25) is 5.91 Å². The molecule has 0 aromatic heterocycles. The molecule has 2 aromatic rings. The van der Waals surface area contributed by atoms with Crippen LogP contribution < -0.4 is 9.62 Å². The minimum absolute atomic E-state index is 0.140. The van der Waals surface area contributed by atoms with E-state index in [1.165, 1.54) is 12.1 Å². The van der Waals surface area contributed by atoms with Gasteiger partial charge in [-0.2, -0.15) is 0 Å². The summed E-state index contributed by atoms with van der Waals surface area (Å²) in [6.07, 6.45) is 1.66. The quantitative estimate of drug-likeness (QED) is 0.714. The fourth-order valence-corrected chi connectivity index (χ4v) is 3.67. The summed E-state index contributed by atoms with van der Waals surface area (Å²) in [6.45, 7) is 1.94. The van der Waals surface area contributed by atoms with E-state index in [2.05, 4.69) is 5.32 Å². The van der Waals surface area contributed by atoms with E-state index >= 15 is 0 Å². The minimum atomic E-state index is -4.13. The van der Waals surface area contributed by atoms with Crippen molar-refractivity contribution in [3.8, 4) is 0 Å². The maximum Gasteiger partial charge on any atom is 0.264 e. The first-order valence-corrected chi connectivity index (χ1v) is 9.59. The van der Waals surface area contributed by atoms with Crippen molar-refractivity contribution in [1.82, 2.24) is 5.32 Å². The zero-order chi connectivity index (χ0) is 19.2. The zero-order valence-electron chi connectivity index (χ0n) is 14.3. The third-order valence-electron chi connectivity index (χ3n) is 3.66. The number of carbonyl (C=O) groups excluding carboxylic acids is 1. The molecule has 0 unspecified atom stereocenters. The monoisotopic (exact) mass is 382 g/mol. The molecule has 1 N–H and O–H groups in total. The predicted octanol–water partition coefficient (Wildman–Crippen LogP) is 3.08. The number of benzene rings is 2. The van der Waals surface area contributed by atoms with Crippen LogP contribution in [0, 0.1) is 11.6 Å². The summed E-state index contributed by atoms with van der Waals surface area (Å²) in [5.74, 6) is -1.58. The summed E-state index contributed by atoms with van der Waals surface area (Å²) in [7, 11) is -4.13. The van der Waals surface area contributed by atoms with E-state index in [-0.39, 0.29) is 10.6 Å². The molecule has 0 heterocycles. The molecule has 0 saturated heterocycles. The Morgan fingerprint density at radius 1 is 1.00 bits per heavy atom. The Labute approximate surface area is 151 Å². The third kappa shape index (κ3) is 5.01. The second kappa shape index (κ2) is 8.75. The number of rotatable bonds is 8. The first-order valence-electron chi connectivity index (χ1n) is 8.15. The SMILES string of the molecule is CCCCNC(=O)CN(c1ccc(F)cc1)S(=O)(=O)c1ccc(F)cc1. The summed E-state index contributed by atoms with van der Waals surface area (Å²) in [4.78, 5) is 12.0. The summed E-state index contributed by atoms with van der Waals surface area (Å²) in [5, 5.41) is 2.65. The fourth-order valence-electron chi connectivity index (χ4n) is 2.25. The highest BCUT2D eigenvalue weighted by Gasteiger charge is 2.27. The van der Waals surface area contributed by atoms with E-state index in [1.54, 1.807) is 0 Å². The highest BCUT2D eigenvalue weighted by atomic mass is 32.2. The Bertz CT molecular complexity index is 838. The molecular formula is C18H20F2N2O3S. The Kier molecular flexibility index (Phi) is 6.68. The Morgan fingerprint density at radius 2 is 1.54 bits per heavy atom. The van der Waals surface area contributed by atoms with Gasteiger partial charge in [0.05, 0.1) is 10.6 Å². The number of unbranched alkanes of at least 4 members (excludes halogenated alkanes) is 1. The fraction of sp³-hybridized carbons (Fsp3) is 0.278. The van der Waals surface area contributed by atoms with Crippen LogP contribution in [0.1, 0.15) is 19.8 Å². The maximum absolute atomic E-state index is 13.2. The van der Waals surface area contributed by atoms with Gasteiger partial charge in [0.25, 0.3) is 10.0 Å². The number of sulfonamides is 1. The van der Waals surface area contributed by atoms with E-state index in [1.807, 2.05) is 6.92 Å². The number of nitrogens with one attached hydrogen (secondary N) is 1. The van der Waals surface area contributed by atoms with Crippen molar-refractivity contribution >= 4 is 21.6 Å². The van der Waals surface area contributed by atoms with Crippen LogP contribution in [0.15, 0.2) is 53.4 Å². The molecule has 0 bridgehead atoms. The number of carbonyl (C=O) groups is 1. The van der Waals surface area contributed by atoms with Gasteiger partial charge in [-0.1, -0.05) is 13.3 Å². The van der Waals surface area contributed by atoms with Crippen LogP contribution in [0.5, 0.6) is 0 Å². The van der Waals surface area contributed by atoms with Crippen molar-refractivity contribution in [1.29, 1.82) is 0 Å². The molecule has 2 aromatic carbocycles. The Hall–Kier alpha value is -2.48. The molecular weight excluding hydrogens is 362 g/mol. The standard InChI is InChI=1S/C18H20F2N2O3S/c1-2-3-12-21-18(23)13-22(16-8-4-14(19)5-9-16)26(24,25)17-10-6-15(20)7-11-17/h4-11H,2-3,12-13H2,1H3,(H,21,23). The second-order valence-corrected chi connectivity index (χ2v) is 7.51. The van der Waals surface area contributed by atoms with Gasteiger partial charge in [-0.3, -0.25) is 9.10 Å². The van der Waals surface area contributed by atoms with Gasteiger partial charge >= 0.3 is 0 Å². The first kappa shape index (κ1) is 19.8. The van der Waals surface area contributed by atoms with Crippen LogP contribution in [0.4, 0.5) is 14.5 Å². The largest absolute Gasteiger partial charge is 0.355 e. The summed E-state index contributed by atoms with van der Waals surface area (Å²) >= 11 is 0. The highest BCUT2D eigenvalue weighted by molar-refractivity contribution is 7.92. The van der Waals surface area contributed by atoms with Crippen molar-refractivity contribution < 1.29 is 22.0 Å². The summed E-state index contributed by atoms with van der Waals surface area (Å²) in [5.41, 5.74) is 0.140. The van der Waals surface area contributed by atoms with Crippen LogP contribution in [0.2, 0.25) is 0 Å². The number of amides is 1. The minimum Gasteiger partial charge on any atom is -0.355 e. The number of halogens is 2. The Balaban J connectivity index is 2.34. The summed E-state index contributed by atoms with van der Waals surface area (Å²) < 4.78 is 53.0. The molecule has 5 nitrogen and oxygen atoms in total. The number of nitrogens with zero attached hydrogens (tertiary/aromatic N) is 1. The lowest BCUT2D eigenvalue weighted by molar-refractivity contribution is -0.119.